The van der Waals surface area contributed by atoms with Gasteiger partial charge in [-0.25, -0.2) is 0 Å². The van der Waals surface area contributed by atoms with Crippen molar-refractivity contribution in [1.29, 1.82) is 0 Å². The quantitative estimate of drug-likeness (QED) is 0.319. The molecule has 0 aliphatic rings. The maximum atomic E-state index is 8.52. The Bertz CT molecular complexity index is 170. The van der Waals surface area contributed by atoms with Gasteiger partial charge in [0.2, 0.25) is 0 Å². The summed E-state index contributed by atoms with van der Waals surface area (Å²) in [6.07, 6.45) is 0. The van der Waals surface area contributed by atoms with E-state index in [0.29, 0.717) is 0 Å². The third-order valence-electron chi connectivity index (χ3n) is 0. The summed E-state index contributed by atoms with van der Waals surface area (Å²) in [5.74, 6) is 0. The Morgan fingerprint density at radius 2 is 0.409 bits per heavy atom. The molecule has 0 aliphatic carbocycles. The topological polar surface area (TPSA) is 347 Å². The summed E-state index contributed by atoms with van der Waals surface area (Å²) >= 11 is 0. The number of hydrogen-bond acceptors (Lipinski definition) is 12. The van der Waals surface area contributed by atoms with Gasteiger partial charge in [0.15, 0.2) is 0 Å². The molecular weight excluding hydrogens is 431 g/mol. The van der Waals surface area contributed by atoms with Crippen LogP contribution >= 0.6 is 0 Å². The zero-order chi connectivity index (χ0) is 14.3. The van der Waals surface area contributed by atoms with E-state index in [2.05, 4.69) is 0 Å². The van der Waals surface area contributed by atoms with Gasteiger partial charge in [0.1, 0.15) is 0 Å². The summed E-state index contributed by atoms with van der Waals surface area (Å²) in [5, 5.41) is 0. The van der Waals surface area contributed by atoms with E-state index in [4.69, 9.17) is 56.2 Å². The summed E-state index contributed by atoms with van der Waals surface area (Å²) in [7, 11) is -14.5. The van der Waals surface area contributed by atoms with E-state index in [1.807, 2.05) is 0 Å². The fraction of sp³-hybridized carbons (Fsp3) is 0. The molecule has 0 aromatic heterocycles. The Labute approximate surface area is 166 Å². The van der Waals surface area contributed by atoms with Crippen LogP contribution in [-0.4, -0.2) is 111 Å². The molecule has 0 bridgehead atoms. The average Bonchev–Trinajstić information content (AvgIpc) is 1.76. The summed E-state index contributed by atoms with van der Waals surface area (Å²) in [6, 6.07) is 0. The van der Waals surface area contributed by atoms with Gasteiger partial charge in [0.25, 0.3) is 0 Å². The van der Waals surface area contributed by atoms with Gasteiger partial charge in [-0.1, -0.05) is 0 Å². The molecule has 0 rings (SSSR count). The van der Waals surface area contributed by atoms with E-state index in [1.165, 1.54) is 0 Å². The zero-order valence-electron chi connectivity index (χ0n) is 10.3. The largest absolute Gasteiger partial charge is 3.00 e. The van der Waals surface area contributed by atoms with Gasteiger partial charge in [-0.05, 0) is 0 Å². The van der Waals surface area contributed by atoms with Crippen LogP contribution in [0.15, 0.2) is 0 Å². The number of hydrogen-bond donors (Lipinski definition) is 0. The molecule has 0 aromatic carbocycles. The monoisotopic (exact) mass is 436 g/mol. The Hall–Kier alpha value is 0.179. The Morgan fingerprint density at radius 3 is 0.409 bits per heavy atom. The SMILES string of the molecule is O.O.O.O=[Si]([O-])[O-].O=[Si]([O-])[O-].O=[Si]([O-])[O-].O=[Si]([O-])[O-].[Al+3].[Al+3].[Mg+2]. The molecule has 0 fully saturated rings. The fourth-order valence-corrected chi connectivity index (χ4v) is 0. The van der Waals surface area contributed by atoms with Crippen LogP contribution in [0.25, 0.3) is 0 Å². The van der Waals surface area contributed by atoms with Crippen molar-refractivity contribution in [3.8, 4) is 0 Å². The fourth-order valence-electron chi connectivity index (χ4n) is 0. The Balaban J connectivity index is -0.00000001000. The molecule has 6 N–H and O–H groups in total. The molecule has 0 aliphatic heterocycles. The van der Waals surface area contributed by atoms with Crippen molar-refractivity contribution in [2.45, 2.75) is 0 Å². The van der Waals surface area contributed by atoms with E-state index >= 15 is 0 Å². The van der Waals surface area contributed by atoms with Crippen molar-refractivity contribution in [2.24, 2.45) is 0 Å². The van der Waals surface area contributed by atoms with Gasteiger partial charge >= 0.3 is 57.8 Å². The predicted molar refractivity (Wildman–Crippen MR) is 53.9 cm³/mol. The first-order valence-electron chi connectivity index (χ1n) is 2.45. The molecule has 15 nitrogen and oxygen atoms in total. The third kappa shape index (κ3) is 232000. The Kier molecular flexibility index (Phi) is 177. The van der Waals surface area contributed by atoms with E-state index in [9.17, 15) is 0 Å². The first kappa shape index (κ1) is 67.1. The smallest absolute Gasteiger partial charge is 0.672 e. The van der Waals surface area contributed by atoms with Crippen LogP contribution < -0.4 is 38.4 Å². The molecule has 0 unspecified atom stereocenters. The van der Waals surface area contributed by atoms with Crippen molar-refractivity contribution in [3.63, 3.8) is 0 Å². The molecule has 22 heavy (non-hydrogen) atoms. The molecule has 0 aromatic rings. The van der Waals surface area contributed by atoms with Gasteiger partial charge in [-0.15, -0.1) is 0 Å². The molecule has 0 heterocycles. The van der Waals surface area contributed by atoms with Crippen molar-refractivity contribution in [2.75, 3.05) is 0 Å². The minimum absolute atomic E-state index is 0. The zero-order valence-corrected chi connectivity index (χ0v) is 18.0. The molecular formula is H6Al2MgO15Si4. The van der Waals surface area contributed by atoms with Crippen LogP contribution in [0.3, 0.4) is 0 Å². The Morgan fingerprint density at radius 1 is 0.409 bits per heavy atom. The van der Waals surface area contributed by atoms with E-state index in [1.54, 1.807) is 0 Å². The van der Waals surface area contributed by atoms with Gasteiger partial charge in [0.05, 0.1) is 0 Å². The van der Waals surface area contributed by atoms with Crippen LogP contribution in [0.4, 0.5) is 0 Å². The standard InChI is InChI=1S/2Al.Mg.4O3Si.3H2O/c;;;4*1-4(2)3;;;/h;;;;;;;3*1H2/q2*+3;+2;4*-2;;;. The maximum Gasteiger partial charge on any atom is 3.00 e. The van der Waals surface area contributed by atoms with E-state index in [0.717, 1.165) is 0 Å². The normalized spacial score (nSPS) is 4.36. The van der Waals surface area contributed by atoms with Crippen molar-refractivity contribution >= 4 is 94.5 Å². The molecule has 0 saturated carbocycles. The van der Waals surface area contributed by atoms with Crippen LogP contribution in [-0.2, 0) is 17.8 Å². The molecule has 120 valence electrons. The van der Waals surface area contributed by atoms with E-state index in [-0.39, 0.29) is 74.2 Å². The van der Waals surface area contributed by atoms with Crippen LogP contribution in [0.1, 0.15) is 0 Å². The van der Waals surface area contributed by atoms with Crippen molar-refractivity contribution in [1.82, 2.24) is 0 Å². The predicted octanol–water partition coefficient (Wildman–Crippen LogP) is -15.1. The second kappa shape index (κ2) is 58.1. The molecule has 0 atom stereocenters. The average molecular weight is 437 g/mol. The second-order valence-electron chi connectivity index (χ2n) is 1.00. The minimum Gasteiger partial charge on any atom is -0.672 e. The van der Waals surface area contributed by atoms with Crippen LogP contribution in [0.5, 0.6) is 0 Å². The van der Waals surface area contributed by atoms with Gasteiger partial charge in [-0.3, -0.25) is 0 Å². The summed E-state index contributed by atoms with van der Waals surface area (Å²) in [4.78, 5) is 68.1. The third-order valence-corrected chi connectivity index (χ3v) is 0. The summed E-state index contributed by atoms with van der Waals surface area (Å²) in [6.45, 7) is 0. The van der Waals surface area contributed by atoms with Gasteiger partial charge < -0.3 is 72.6 Å². The molecule has 0 radical (unpaired) electrons. The summed E-state index contributed by atoms with van der Waals surface area (Å²) < 4.78 is 34.1. The first-order valence-corrected chi connectivity index (χ1v) is 7.35. The minimum atomic E-state index is -3.63. The summed E-state index contributed by atoms with van der Waals surface area (Å²) in [5.41, 5.74) is 0. The van der Waals surface area contributed by atoms with Crippen molar-refractivity contribution in [3.05, 3.63) is 0 Å². The molecule has 0 amide bonds. The van der Waals surface area contributed by atoms with Crippen LogP contribution in [0.2, 0.25) is 0 Å². The van der Waals surface area contributed by atoms with Crippen LogP contribution in [0, 0.1) is 0 Å². The second-order valence-corrected chi connectivity index (χ2v) is 3.00. The molecule has 22 heteroatoms. The number of rotatable bonds is 0. The maximum absolute atomic E-state index is 8.52. The van der Waals surface area contributed by atoms with Crippen molar-refractivity contribution < 1.29 is 72.6 Å². The molecule has 0 spiro atoms. The first-order chi connectivity index (χ1) is 6.93. The molecule has 0 saturated heterocycles. The van der Waals surface area contributed by atoms with Gasteiger partial charge in [-0.2, -0.15) is 0 Å². The van der Waals surface area contributed by atoms with Gasteiger partial charge in [0, 0.05) is 36.7 Å². The van der Waals surface area contributed by atoms with E-state index < -0.39 is 36.7 Å².